The lowest BCUT2D eigenvalue weighted by atomic mass is 10.2. The smallest absolute Gasteiger partial charge is 0.142 e. The Morgan fingerprint density at radius 3 is 2.62 bits per heavy atom. The lowest BCUT2D eigenvalue weighted by Gasteiger charge is -2.37. The maximum atomic E-state index is 5.77. The standard InChI is InChI=1S/C19H22N4O/c1-2-24-17-6-4-3-5-16(17)22-11-13-23(14-12-22)18-8-7-15-9-10-20-19(15)21-18/h3-10H,2,11-14H2,1H3,(H,20,21). The Hall–Kier alpha value is -2.69. The number of hydrogen-bond acceptors (Lipinski definition) is 4. The molecule has 3 aromatic rings. The van der Waals surface area contributed by atoms with Crippen LogP contribution in [0.3, 0.4) is 0 Å². The van der Waals surface area contributed by atoms with E-state index in [0.717, 1.165) is 48.8 Å². The fraction of sp³-hybridized carbons (Fsp3) is 0.316. The van der Waals surface area contributed by atoms with E-state index in [9.17, 15) is 0 Å². The summed E-state index contributed by atoms with van der Waals surface area (Å²) in [5.74, 6) is 2.02. The highest BCUT2D eigenvalue weighted by Gasteiger charge is 2.20. The average molecular weight is 322 g/mol. The number of fused-ring (bicyclic) bond motifs is 1. The van der Waals surface area contributed by atoms with Crippen LogP contribution in [0, 0.1) is 0 Å². The van der Waals surface area contributed by atoms with E-state index in [1.807, 2.05) is 25.3 Å². The van der Waals surface area contributed by atoms with Crippen LogP contribution >= 0.6 is 0 Å². The number of nitrogens with zero attached hydrogens (tertiary/aromatic N) is 3. The van der Waals surface area contributed by atoms with Gasteiger partial charge >= 0.3 is 0 Å². The number of anilines is 2. The number of nitrogens with one attached hydrogen (secondary N) is 1. The molecule has 5 heteroatoms. The summed E-state index contributed by atoms with van der Waals surface area (Å²) >= 11 is 0. The van der Waals surface area contributed by atoms with Crippen LogP contribution in [0.2, 0.25) is 0 Å². The normalized spacial score (nSPS) is 15.0. The van der Waals surface area contributed by atoms with Gasteiger partial charge in [0.1, 0.15) is 17.2 Å². The number of aromatic amines is 1. The monoisotopic (exact) mass is 322 g/mol. The minimum absolute atomic E-state index is 0.692. The number of aromatic nitrogens is 2. The molecule has 0 spiro atoms. The second kappa shape index (κ2) is 6.43. The first-order valence-corrected chi connectivity index (χ1v) is 8.51. The molecule has 1 aliphatic rings. The highest BCUT2D eigenvalue weighted by Crippen LogP contribution is 2.29. The van der Waals surface area contributed by atoms with Crippen molar-refractivity contribution in [1.82, 2.24) is 9.97 Å². The number of H-pyrrole nitrogens is 1. The number of ether oxygens (including phenoxy) is 1. The van der Waals surface area contributed by atoms with Crippen molar-refractivity contribution in [1.29, 1.82) is 0 Å². The summed E-state index contributed by atoms with van der Waals surface area (Å²) in [7, 11) is 0. The summed E-state index contributed by atoms with van der Waals surface area (Å²) in [6.07, 6.45) is 1.93. The molecule has 5 nitrogen and oxygen atoms in total. The van der Waals surface area contributed by atoms with Crippen LogP contribution in [-0.4, -0.2) is 42.8 Å². The lowest BCUT2D eigenvalue weighted by molar-refractivity contribution is 0.340. The van der Waals surface area contributed by atoms with Gasteiger partial charge in [0, 0.05) is 37.8 Å². The van der Waals surface area contributed by atoms with Crippen LogP contribution in [0.5, 0.6) is 5.75 Å². The predicted octanol–water partition coefficient (Wildman–Crippen LogP) is 3.29. The van der Waals surface area contributed by atoms with Crippen molar-refractivity contribution < 1.29 is 4.74 Å². The van der Waals surface area contributed by atoms with Gasteiger partial charge in [0.05, 0.1) is 12.3 Å². The number of benzene rings is 1. The molecule has 4 rings (SSSR count). The van der Waals surface area contributed by atoms with Gasteiger partial charge in [0.2, 0.25) is 0 Å². The summed E-state index contributed by atoms with van der Waals surface area (Å²) in [5, 5.41) is 1.16. The molecule has 1 fully saturated rings. The molecule has 24 heavy (non-hydrogen) atoms. The van der Waals surface area contributed by atoms with Gasteiger partial charge in [-0.3, -0.25) is 0 Å². The minimum atomic E-state index is 0.692. The van der Waals surface area contributed by atoms with Gasteiger partial charge in [-0.2, -0.15) is 0 Å². The van der Waals surface area contributed by atoms with Gasteiger partial charge in [0.25, 0.3) is 0 Å². The van der Waals surface area contributed by atoms with E-state index in [1.54, 1.807) is 0 Å². The van der Waals surface area contributed by atoms with Gasteiger partial charge in [-0.05, 0) is 37.3 Å². The fourth-order valence-corrected chi connectivity index (χ4v) is 3.27. The van der Waals surface area contributed by atoms with E-state index in [0.29, 0.717) is 6.61 Å². The van der Waals surface area contributed by atoms with Gasteiger partial charge in [0.15, 0.2) is 0 Å². The molecule has 0 radical (unpaired) electrons. The largest absolute Gasteiger partial charge is 0.492 e. The molecule has 0 aliphatic carbocycles. The second-order valence-corrected chi connectivity index (χ2v) is 5.96. The Balaban J connectivity index is 1.48. The lowest BCUT2D eigenvalue weighted by Crippen LogP contribution is -2.47. The number of rotatable bonds is 4. The Morgan fingerprint density at radius 1 is 1.00 bits per heavy atom. The minimum Gasteiger partial charge on any atom is -0.492 e. The molecule has 1 aliphatic heterocycles. The maximum Gasteiger partial charge on any atom is 0.142 e. The van der Waals surface area contributed by atoms with E-state index in [4.69, 9.17) is 9.72 Å². The van der Waals surface area contributed by atoms with Crippen molar-refractivity contribution in [3.05, 3.63) is 48.7 Å². The van der Waals surface area contributed by atoms with E-state index >= 15 is 0 Å². The Bertz CT molecular complexity index is 821. The highest BCUT2D eigenvalue weighted by atomic mass is 16.5. The third-order valence-corrected chi connectivity index (χ3v) is 4.50. The fourth-order valence-electron chi connectivity index (χ4n) is 3.27. The van der Waals surface area contributed by atoms with E-state index in [1.165, 1.54) is 5.69 Å². The van der Waals surface area contributed by atoms with Crippen LogP contribution < -0.4 is 14.5 Å². The van der Waals surface area contributed by atoms with E-state index in [2.05, 4.69) is 45.1 Å². The first-order chi connectivity index (χ1) is 11.8. The Kier molecular flexibility index (Phi) is 3.99. The van der Waals surface area contributed by atoms with Crippen LogP contribution in [0.4, 0.5) is 11.5 Å². The van der Waals surface area contributed by atoms with E-state index < -0.39 is 0 Å². The van der Waals surface area contributed by atoms with Gasteiger partial charge < -0.3 is 19.5 Å². The maximum absolute atomic E-state index is 5.77. The van der Waals surface area contributed by atoms with Crippen molar-refractivity contribution in [2.45, 2.75) is 6.92 Å². The van der Waals surface area contributed by atoms with Crippen LogP contribution in [0.25, 0.3) is 11.0 Å². The van der Waals surface area contributed by atoms with Crippen molar-refractivity contribution >= 4 is 22.5 Å². The molecule has 0 unspecified atom stereocenters. The number of para-hydroxylation sites is 2. The molecular weight excluding hydrogens is 300 g/mol. The van der Waals surface area contributed by atoms with E-state index in [-0.39, 0.29) is 0 Å². The molecule has 0 bridgehead atoms. The zero-order valence-electron chi connectivity index (χ0n) is 13.9. The Labute approximate surface area is 141 Å². The third-order valence-electron chi connectivity index (χ3n) is 4.50. The predicted molar refractivity (Wildman–Crippen MR) is 98.1 cm³/mol. The number of piperazine rings is 1. The van der Waals surface area contributed by atoms with Crippen LogP contribution in [0.15, 0.2) is 48.7 Å². The highest BCUT2D eigenvalue weighted by molar-refractivity contribution is 5.77. The van der Waals surface area contributed by atoms with Crippen LogP contribution in [-0.2, 0) is 0 Å². The molecule has 3 heterocycles. The second-order valence-electron chi connectivity index (χ2n) is 5.96. The third kappa shape index (κ3) is 2.77. The van der Waals surface area contributed by atoms with Crippen molar-refractivity contribution in [3.8, 4) is 5.75 Å². The molecule has 1 N–H and O–H groups in total. The number of hydrogen-bond donors (Lipinski definition) is 1. The van der Waals surface area contributed by atoms with Crippen molar-refractivity contribution in [3.63, 3.8) is 0 Å². The Morgan fingerprint density at radius 2 is 1.79 bits per heavy atom. The van der Waals surface area contributed by atoms with Gasteiger partial charge in [-0.1, -0.05) is 12.1 Å². The van der Waals surface area contributed by atoms with Crippen molar-refractivity contribution in [2.24, 2.45) is 0 Å². The van der Waals surface area contributed by atoms with Gasteiger partial charge in [-0.15, -0.1) is 0 Å². The first kappa shape index (κ1) is 14.9. The zero-order chi connectivity index (χ0) is 16.4. The van der Waals surface area contributed by atoms with Crippen LogP contribution in [0.1, 0.15) is 6.92 Å². The molecule has 0 atom stereocenters. The first-order valence-electron chi connectivity index (χ1n) is 8.51. The molecule has 0 amide bonds. The SMILES string of the molecule is CCOc1ccccc1N1CCN(c2ccc3cc[nH]c3n2)CC1. The molecule has 2 aromatic heterocycles. The topological polar surface area (TPSA) is 44.4 Å². The van der Waals surface area contributed by atoms with Gasteiger partial charge in [-0.25, -0.2) is 4.98 Å². The summed E-state index contributed by atoms with van der Waals surface area (Å²) in [4.78, 5) is 12.7. The molecular formula is C19H22N4O. The molecule has 124 valence electrons. The summed E-state index contributed by atoms with van der Waals surface area (Å²) in [5.41, 5.74) is 2.14. The summed E-state index contributed by atoms with van der Waals surface area (Å²) in [6, 6.07) is 14.6. The average Bonchev–Trinajstić information content (AvgIpc) is 3.10. The quantitative estimate of drug-likeness (QED) is 0.800. The zero-order valence-corrected chi connectivity index (χ0v) is 13.9. The molecule has 1 saturated heterocycles. The number of pyridine rings is 1. The van der Waals surface area contributed by atoms with Crippen molar-refractivity contribution in [2.75, 3.05) is 42.6 Å². The molecule has 0 saturated carbocycles. The summed E-state index contributed by atoms with van der Waals surface area (Å²) in [6.45, 7) is 6.57. The summed E-state index contributed by atoms with van der Waals surface area (Å²) < 4.78 is 5.77. The molecule has 1 aromatic carbocycles.